The lowest BCUT2D eigenvalue weighted by molar-refractivity contribution is 0.0661. The molecule has 0 spiro atoms. The van der Waals surface area contributed by atoms with Crippen LogP contribution in [0.1, 0.15) is 21.9 Å². The number of hydrogen-bond donors (Lipinski definition) is 1. The minimum absolute atomic E-state index is 0.199. The smallest absolute Gasteiger partial charge is 0.371 e. The zero-order chi connectivity index (χ0) is 10.9. The molecule has 1 heterocycles. The summed E-state index contributed by atoms with van der Waals surface area (Å²) in [6.07, 6.45) is 1.08. The van der Waals surface area contributed by atoms with Gasteiger partial charge in [0.25, 0.3) is 0 Å². The number of sulfone groups is 1. The molecule has 0 aromatic carbocycles. The fourth-order valence-electron chi connectivity index (χ4n) is 1.05. The van der Waals surface area contributed by atoms with Crippen molar-refractivity contribution in [1.82, 2.24) is 0 Å². The summed E-state index contributed by atoms with van der Waals surface area (Å²) < 4.78 is 26.7. The van der Waals surface area contributed by atoms with Gasteiger partial charge in [-0.15, -0.1) is 0 Å². The van der Waals surface area contributed by atoms with E-state index in [9.17, 15) is 13.2 Å². The predicted octanol–water partition coefficient (Wildman–Crippen LogP) is 0.831. The molecule has 14 heavy (non-hydrogen) atoms. The first-order chi connectivity index (χ1) is 6.29. The molecule has 0 aliphatic carbocycles. The van der Waals surface area contributed by atoms with Gasteiger partial charge in [-0.3, -0.25) is 0 Å². The van der Waals surface area contributed by atoms with Gasteiger partial charge >= 0.3 is 5.97 Å². The van der Waals surface area contributed by atoms with Crippen LogP contribution in [-0.4, -0.2) is 25.7 Å². The van der Waals surface area contributed by atoms with Gasteiger partial charge in [0.2, 0.25) is 5.76 Å². The molecule has 1 aromatic rings. The Labute approximate surface area is 81.3 Å². The lowest BCUT2D eigenvalue weighted by atomic mass is 10.3. The molecule has 0 aliphatic heterocycles. The summed E-state index contributed by atoms with van der Waals surface area (Å²) >= 11 is 0. The summed E-state index contributed by atoms with van der Waals surface area (Å²) in [5.41, 5.74) is 0.393. The first kappa shape index (κ1) is 10.8. The molecule has 78 valence electrons. The van der Waals surface area contributed by atoms with Gasteiger partial charge in [0.15, 0.2) is 9.84 Å². The van der Waals surface area contributed by atoms with E-state index in [2.05, 4.69) is 0 Å². The second-order valence-corrected chi connectivity index (χ2v) is 5.21. The van der Waals surface area contributed by atoms with Gasteiger partial charge in [-0.1, -0.05) is 0 Å². The summed E-state index contributed by atoms with van der Waals surface area (Å²) in [6, 6.07) is 1.23. The Balaban J connectivity index is 3.05. The fraction of sp³-hybridized carbons (Fsp3) is 0.375. The number of carboxylic acid groups (broad SMARTS) is 1. The van der Waals surface area contributed by atoms with E-state index in [-0.39, 0.29) is 11.5 Å². The van der Waals surface area contributed by atoms with Gasteiger partial charge in [0, 0.05) is 11.8 Å². The van der Waals surface area contributed by atoms with Crippen molar-refractivity contribution in [2.75, 3.05) is 6.26 Å². The van der Waals surface area contributed by atoms with E-state index >= 15 is 0 Å². The van der Waals surface area contributed by atoms with E-state index in [0.29, 0.717) is 11.3 Å². The maximum atomic E-state index is 10.9. The Morgan fingerprint density at radius 2 is 2.14 bits per heavy atom. The monoisotopic (exact) mass is 218 g/mol. The largest absolute Gasteiger partial charge is 0.475 e. The van der Waals surface area contributed by atoms with Gasteiger partial charge in [-0.2, -0.15) is 0 Å². The van der Waals surface area contributed by atoms with Crippen LogP contribution in [-0.2, 0) is 15.6 Å². The Morgan fingerprint density at radius 3 is 2.50 bits per heavy atom. The third-order valence-electron chi connectivity index (χ3n) is 1.65. The Hall–Kier alpha value is -1.30. The third kappa shape index (κ3) is 2.59. The fourth-order valence-corrected chi connectivity index (χ4v) is 1.90. The van der Waals surface area contributed by atoms with Crippen molar-refractivity contribution in [1.29, 1.82) is 0 Å². The van der Waals surface area contributed by atoms with Gasteiger partial charge < -0.3 is 9.52 Å². The molecular weight excluding hydrogens is 208 g/mol. The second-order valence-electron chi connectivity index (χ2n) is 3.07. The van der Waals surface area contributed by atoms with Crippen LogP contribution in [0.3, 0.4) is 0 Å². The maximum Gasteiger partial charge on any atom is 0.371 e. The lowest BCUT2D eigenvalue weighted by Gasteiger charge is -1.94. The molecule has 0 amide bonds. The van der Waals surface area contributed by atoms with Crippen LogP contribution in [0.4, 0.5) is 0 Å². The van der Waals surface area contributed by atoms with Crippen LogP contribution in [0.15, 0.2) is 10.5 Å². The zero-order valence-corrected chi connectivity index (χ0v) is 8.59. The highest BCUT2D eigenvalue weighted by molar-refractivity contribution is 7.89. The minimum Gasteiger partial charge on any atom is -0.475 e. The molecule has 6 heteroatoms. The quantitative estimate of drug-likeness (QED) is 0.812. The van der Waals surface area contributed by atoms with E-state index in [1.165, 1.54) is 13.0 Å². The Bertz CT molecular complexity index is 454. The van der Waals surface area contributed by atoms with E-state index in [1.807, 2.05) is 0 Å². The van der Waals surface area contributed by atoms with Crippen molar-refractivity contribution in [3.8, 4) is 0 Å². The van der Waals surface area contributed by atoms with Crippen molar-refractivity contribution in [2.45, 2.75) is 12.7 Å². The van der Waals surface area contributed by atoms with Crippen LogP contribution >= 0.6 is 0 Å². The molecule has 0 fully saturated rings. The zero-order valence-electron chi connectivity index (χ0n) is 7.77. The average Bonchev–Trinajstić information content (AvgIpc) is 2.29. The van der Waals surface area contributed by atoms with Crippen LogP contribution < -0.4 is 0 Å². The summed E-state index contributed by atoms with van der Waals surface area (Å²) in [5, 5.41) is 8.58. The minimum atomic E-state index is -3.16. The van der Waals surface area contributed by atoms with Crippen LogP contribution in [0, 0.1) is 6.92 Å². The molecule has 1 aromatic heterocycles. The number of furan rings is 1. The molecule has 0 radical (unpaired) electrons. The van der Waals surface area contributed by atoms with Crippen LogP contribution in [0.25, 0.3) is 0 Å². The van der Waals surface area contributed by atoms with Crippen molar-refractivity contribution in [3.63, 3.8) is 0 Å². The molecular formula is C8H10O5S. The number of aryl methyl sites for hydroxylation is 1. The molecule has 0 aliphatic rings. The normalized spacial score (nSPS) is 11.6. The first-order valence-corrected chi connectivity index (χ1v) is 5.86. The highest BCUT2D eigenvalue weighted by Crippen LogP contribution is 2.16. The number of hydrogen-bond acceptors (Lipinski definition) is 4. The molecule has 1 rings (SSSR count). The molecule has 5 nitrogen and oxygen atoms in total. The summed E-state index contributed by atoms with van der Waals surface area (Å²) in [7, 11) is -3.16. The van der Waals surface area contributed by atoms with E-state index in [4.69, 9.17) is 9.52 Å². The van der Waals surface area contributed by atoms with Crippen LogP contribution in [0.5, 0.6) is 0 Å². The Kier molecular flexibility index (Phi) is 2.66. The maximum absolute atomic E-state index is 10.9. The van der Waals surface area contributed by atoms with Crippen molar-refractivity contribution >= 4 is 15.8 Å². The average molecular weight is 218 g/mol. The standard InChI is InChI=1S/C8H10O5S/c1-5-6(4-14(2,11)12)3-7(13-5)8(9)10/h3H,4H2,1-2H3,(H,9,10). The van der Waals surface area contributed by atoms with Crippen molar-refractivity contribution in [3.05, 3.63) is 23.2 Å². The molecule has 0 unspecified atom stereocenters. The van der Waals surface area contributed by atoms with Gasteiger partial charge in [-0.25, -0.2) is 13.2 Å². The molecule has 1 N–H and O–H groups in total. The molecule has 0 atom stereocenters. The highest BCUT2D eigenvalue weighted by Gasteiger charge is 2.16. The van der Waals surface area contributed by atoms with Crippen molar-refractivity contribution in [2.24, 2.45) is 0 Å². The second kappa shape index (κ2) is 3.45. The van der Waals surface area contributed by atoms with E-state index in [1.54, 1.807) is 0 Å². The highest BCUT2D eigenvalue weighted by atomic mass is 32.2. The Morgan fingerprint density at radius 1 is 1.57 bits per heavy atom. The number of aromatic carboxylic acids is 1. The first-order valence-electron chi connectivity index (χ1n) is 3.80. The lowest BCUT2D eigenvalue weighted by Crippen LogP contribution is -2.00. The summed E-state index contributed by atoms with van der Waals surface area (Å²) in [5.74, 6) is -1.31. The van der Waals surface area contributed by atoms with Crippen molar-refractivity contribution < 1.29 is 22.7 Å². The number of rotatable bonds is 3. The SMILES string of the molecule is Cc1oc(C(=O)O)cc1CS(C)(=O)=O. The number of carboxylic acids is 1. The van der Waals surface area contributed by atoms with Gasteiger partial charge in [0.1, 0.15) is 5.76 Å². The van der Waals surface area contributed by atoms with Crippen LogP contribution in [0.2, 0.25) is 0 Å². The van der Waals surface area contributed by atoms with E-state index < -0.39 is 15.8 Å². The summed E-state index contributed by atoms with van der Waals surface area (Å²) in [4.78, 5) is 10.5. The number of carbonyl (C=O) groups is 1. The van der Waals surface area contributed by atoms with Gasteiger partial charge in [-0.05, 0) is 13.0 Å². The molecule has 0 saturated heterocycles. The summed E-state index contributed by atoms with van der Waals surface area (Å²) in [6.45, 7) is 1.53. The molecule has 0 bridgehead atoms. The van der Waals surface area contributed by atoms with Gasteiger partial charge in [0.05, 0.1) is 5.75 Å². The predicted molar refractivity (Wildman–Crippen MR) is 49.0 cm³/mol. The molecule has 0 saturated carbocycles. The third-order valence-corrected chi connectivity index (χ3v) is 2.48. The van der Waals surface area contributed by atoms with E-state index in [0.717, 1.165) is 6.26 Å². The topological polar surface area (TPSA) is 84.6 Å².